The lowest BCUT2D eigenvalue weighted by Gasteiger charge is -2.60. The molecule has 0 atom stereocenters. The van der Waals surface area contributed by atoms with Crippen molar-refractivity contribution in [1.82, 2.24) is 24.7 Å². The van der Waals surface area contributed by atoms with Crippen LogP contribution in [0.5, 0.6) is 11.5 Å². The van der Waals surface area contributed by atoms with Gasteiger partial charge in [-0.3, -0.25) is 9.80 Å². The van der Waals surface area contributed by atoms with Gasteiger partial charge < -0.3 is 29.0 Å². The number of nitrogens with one attached hydrogen (secondary N) is 1. The highest BCUT2D eigenvalue weighted by molar-refractivity contribution is 7.11. The van der Waals surface area contributed by atoms with E-state index in [1.165, 1.54) is 24.0 Å². The smallest absolute Gasteiger partial charge is 0.410 e. The molecular weight excluding hydrogens is 713 g/mol. The molecule has 0 saturated carbocycles. The molecule has 8 rings (SSSR count). The Hall–Kier alpha value is -4.39. The Bertz CT molecular complexity index is 2090. The van der Waals surface area contributed by atoms with E-state index in [0.717, 1.165) is 95.0 Å². The number of likely N-dealkylation sites (tertiary alicyclic amines) is 2. The van der Waals surface area contributed by atoms with Gasteiger partial charge in [0.2, 0.25) is 0 Å². The summed E-state index contributed by atoms with van der Waals surface area (Å²) in [5.74, 6) is 0.586. The minimum atomic E-state index is -0.456. The Morgan fingerprint density at radius 2 is 1.75 bits per heavy atom. The summed E-state index contributed by atoms with van der Waals surface area (Å²) in [7, 11) is 1.39. The zero-order valence-electron chi connectivity index (χ0n) is 33.1. The van der Waals surface area contributed by atoms with Crippen molar-refractivity contribution in [2.24, 2.45) is 10.8 Å². The number of aromatic nitrogens is 2. The number of benzene rings is 1. The van der Waals surface area contributed by atoms with Gasteiger partial charge in [0.05, 0.1) is 13.3 Å². The number of ether oxygens (including phenoxy) is 3. The highest BCUT2D eigenvalue weighted by Gasteiger charge is 2.53. The van der Waals surface area contributed by atoms with E-state index in [1.807, 2.05) is 67.5 Å². The molecule has 6 heterocycles. The Balaban J connectivity index is 0.891. The van der Waals surface area contributed by atoms with Crippen LogP contribution in [0.1, 0.15) is 74.7 Å². The summed E-state index contributed by atoms with van der Waals surface area (Å²) in [6, 6.07) is 12.0. The van der Waals surface area contributed by atoms with Crippen molar-refractivity contribution in [3.63, 3.8) is 0 Å². The number of anilines is 1. The van der Waals surface area contributed by atoms with E-state index in [9.17, 15) is 9.59 Å². The maximum absolute atomic E-state index is 12.7. The van der Waals surface area contributed by atoms with Crippen LogP contribution < -0.4 is 9.64 Å². The molecule has 0 unspecified atom stereocenters. The molecule has 1 amide bonds. The molecule has 3 aliphatic heterocycles. The molecule has 0 bridgehead atoms. The number of carbonyl (C=O) groups is 2. The van der Waals surface area contributed by atoms with Crippen LogP contribution in [0.3, 0.4) is 0 Å². The van der Waals surface area contributed by atoms with Gasteiger partial charge in [-0.25, -0.2) is 14.6 Å². The number of nitrogens with zero attached hydrogens (tertiary/aromatic N) is 5. The molecule has 55 heavy (non-hydrogen) atoms. The lowest BCUT2D eigenvalue weighted by Crippen LogP contribution is -2.72. The zero-order chi connectivity index (χ0) is 38.5. The van der Waals surface area contributed by atoms with Crippen LogP contribution in [0.25, 0.3) is 16.6 Å². The maximum Gasteiger partial charge on any atom is 0.410 e. The number of esters is 1. The van der Waals surface area contributed by atoms with Gasteiger partial charge in [0.1, 0.15) is 28.3 Å². The van der Waals surface area contributed by atoms with Crippen LogP contribution in [0.4, 0.5) is 10.5 Å². The molecule has 11 nitrogen and oxygen atoms in total. The molecule has 4 aromatic rings. The minimum Gasteiger partial charge on any atom is -0.465 e. The van der Waals surface area contributed by atoms with E-state index >= 15 is 0 Å². The Morgan fingerprint density at radius 1 is 0.964 bits per heavy atom. The second kappa shape index (κ2) is 14.6. The molecule has 292 valence electrons. The quantitative estimate of drug-likeness (QED) is 0.170. The number of allylic oxidation sites excluding steroid dienone is 1. The van der Waals surface area contributed by atoms with Crippen molar-refractivity contribution in [1.29, 1.82) is 0 Å². The molecular formula is C43H54N6O5S. The average molecular weight is 767 g/mol. The van der Waals surface area contributed by atoms with Gasteiger partial charge in [0.15, 0.2) is 0 Å². The number of aromatic amines is 1. The number of pyridine rings is 1. The third-order valence-corrected chi connectivity index (χ3v) is 12.5. The monoisotopic (exact) mass is 766 g/mol. The van der Waals surface area contributed by atoms with Gasteiger partial charge >= 0.3 is 12.1 Å². The maximum atomic E-state index is 12.7. The number of hydrogen-bond acceptors (Lipinski definition) is 10. The molecule has 1 aliphatic carbocycles. The number of thiophene rings is 1. The molecule has 1 N–H and O–H groups in total. The highest BCUT2D eigenvalue weighted by Crippen LogP contribution is 2.46. The van der Waals surface area contributed by atoms with E-state index in [1.54, 1.807) is 23.4 Å². The molecule has 3 fully saturated rings. The summed E-state index contributed by atoms with van der Waals surface area (Å²) in [6.45, 7) is 19.9. The first kappa shape index (κ1) is 37.5. The van der Waals surface area contributed by atoms with Gasteiger partial charge in [-0.05, 0) is 92.3 Å². The minimum absolute atomic E-state index is 0.188. The molecule has 3 aromatic heterocycles. The second-order valence-electron chi connectivity index (χ2n) is 17.8. The van der Waals surface area contributed by atoms with Crippen molar-refractivity contribution < 1.29 is 23.8 Å². The number of H-pyrrole nitrogens is 1. The zero-order valence-corrected chi connectivity index (χ0v) is 33.9. The molecule has 0 radical (unpaired) electrons. The van der Waals surface area contributed by atoms with Crippen LogP contribution >= 0.6 is 11.3 Å². The summed E-state index contributed by atoms with van der Waals surface area (Å²) in [5.41, 5.74) is 6.79. The highest BCUT2D eigenvalue weighted by atomic mass is 32.1. The van der Waals surface area contributed by atoms with Crippen LogP contribution in [0.2, 0.25) is 0 Å². The van der Waals surface area contributed by atoms with E-state index in [0.29, 0.717) is 17.1 Å². The van der Waals surface area contributed by atoms with Gasteiger partial charge in [0.25, 0.3) is 0 Å². The van der Waals surface area contributed by atoms with Gasteiger partial charge in [-0.1, -0.05) is 19.4 Å². The predicted molar refractivity (Wildman–Crippen MR) is 217 cm³/mol. The number of hydrogen-bond donors (Lipinski definition) is 1. The summed E-state index contributed by atoms with van der Waals surface area (Å²) >= 11 is 1.90. The summed E-state index contributed by atoms with van der Waals surface area (Å²) < 4.78 is 16.9. The molecule has 1 aromatic carbocycles. The van der Waals surface area contributed by atoms with Crippen molar-refractivity contribution >= 4 is 45.7 Å². The fourth-order valence-electron chi connectivity index (χ4n) is 8.68. The van der Waals surface area contributed by atoms with Crippen molar-refractivity contribution in [2.75, 3.05) is 70.9 Å². The van der Waals surface area contributed by atoms with Gasteiger partial charge in [0, 0.05) is 99.1 Å². The van der Waals surface area contributed by atoms with Gasteiger partial charge in [-0.15, -0.1) is 11.3 Å². The van der Waals surface area contributed by atoms with Crippen molar-refractivity contribution in [3.05, 3.63) is 75.7 Å². The third kappa shape index (κ3) is 8.27. The fraction of sp³-hybridized carbons (Fsp3) is 0.512. The number of fused-ring (bicyclic) bond motifs is 1. The van der Waals surface area contributed by atoms with E-state index in [2.05, 4.69) is 50.0 Å². The summed E-state index contributed by atoms with van der Waals surface area (Å²) in [4.78, 5) is 43.5. The lowest BCUT2D eigenvalue weighted by atomic mass is 9.73. The number of carbonyl (C=O) groups excluding carboxylic acids is 2. The molecule has 3 saturated heterocycles. The Kier molecular flexibility index (Phi) is 9.96. The van der Waals surface area contributed by atoms with E-state index < -0.39 is 11.6 Å². The number of rotatable bonds is 9. The van der Waals surface area contributed by atoms with E-state index in [4.69, 9.17) is 14.2 Å². The van der Waals surface area contributed by atoms with Crippen molar-refractivity contribution in [3.8, 4) is 11.5 Å². The standard InChI is InChI=1S/C43H54N6O5S/c1-41(2,3)54-40(51)49-27-43(28-49)25-47(26-43)22-29-17-37(55-24-29)35-20-42(4,5)11-9-31(35)23-46-13-15-48(16-14-46)32-7-8-34(39(50)52-6)36(19-32)53-33-18-30-10-12-44-38(30)45-21-33/h7-8,10,12,17-19,21,24H,9,11,13-16,20,22-23,25-28H2,1-6H3,(H,44,45). The van der Waals surface area contributed by atoms with Crippen LogP contribution in [0.15, 0.2) is 59.7 Å². The molecule has 4 aliphatic rings. The summed E-state index contributed by atoms with van der Waals surface area (Å²) in [6.07, 6.45) is 6.78. The Labute approximate surface area is 328 Å². The number of methoxy groups -OCH3 is 1. The molecule has 12 heteroatoms. The average Bonchev–Trinajstić information content (AvgIpc) is 3.78. The lowest BCUT2D eigenvalue weighted by molar-refractivity contribution is -0.115. The predicted octanol–water partition coefficient (Wildman–Crippen LogP) is 8.04. The second-order valence-corrected chi connectivity index (χ2v) is 18.8. The number of amides is 1. The SMILES string of the molecule is COC(=O)c1ccc(N2CCN(CC3=C(c4cc(CN5CC6(C5)CN(C(=O)OC(C)(C)C)C6)cs4)CC(C)(C)CC3)CC2)cc1Oc1cnc2[nH]ccc2c1. The van der Waals surface area contributed by atoms with Crippen molar-refractivity contribution in [2.45, 2.75) is 66.0 Å². The van der Waals surface area contributed by atoms with Gasteiger partial charge in [-0.2, -0.15) is 0 Å². The first-order valence-electron chi connectivity index (χ1n) is 19.5. The largest absolute Gasteiger partial charge is 0.465 e. The summed E-state index contributed by atoms with van der Waals surface area (Å²) in [5, 5.41) is 3.30. The fourth-order valence-corrected chi connectivity index (χ4v) is 9.68. The van der Waals surface area contributed by atoms with Crippen LogP contribution in [-0.4, -0.2) is 108 Å². The van der Waals surface area contributed by atoms with Crippen LogP contribution in [0, 0.1) is 10.8 Å². The molecule has 1 spiro atoms. The topological polar surface area (TPSA) is 103 Å². The first-order valence-corrected chi connectivity index (χ1v) is 20.4. The number of piperazine rings is 1. The normalized spacial score (nSPS) is 20.0. The Morgan fingerprint density at radius 3 is 2.49 bits per heavy atom. The van der Waals surface area contributed by atoms with Crippen LogP contribution in [-0.2, 0) is 16.0 Å². The first-order chi connectivity index (χ1) is 26.2. The third-order valence-electron chi connectivity index (χ3n) is 11.5. The van der Waals surface area contributed by atoms with E-state index in [-0.39, 0.29) is 16.9 Å².